The summed E-state index contributed by atoms with van der Waals surface area (Å²) in [6, 6.07) is 5.59. The van der Waals surface area contributed by atoms with Crippen LogP contribution in [0.5, 0.6) is 0 Å². The first-order valence-electron chi connectivity index (χ1n) is 8.54. The summed E-state index contributed by atoms with van der Waals surface area (Å²) in [5.74, 6) is -1.20. The fourth-order valence-electron chi connectivity index (χ4n) is 3.11. The van der Waals surface area contributed by atoms with Crippen LogP contribution in [-0.4, -0.2) is 35.1 Å². The van der Waals surface area contributed by atoms with Gasteiger partial charge >= 0.3 is 12.0 Å². The van der Waals surface area contributed by atoms with E-state index in [1.165, 1.54) is 12.1 Å². The first-order valence-corrected chi connectivity index (χ1v) is 8.54. The van der Waals surface area contributed by atoms with E-state index in [1.54, 1.807) is 24.0 Å². The number of likely N-dealkylation sites (tertiary alicyclic amines) is 1. The molecule has 2 amide bonds. The summed E-state index contributed by atoms with van der Waals surface area (Å²) >= 11 is 0. The molecular formula is C19H27FN2O3. The average Bonchev–Trinajstić information content (AvgIpc) is 2.90. The van der Waals surface area contributed by atoms with Crippen LogP contribution in [0, 0.1) is 16.6 Å². The highest BCUT2D eigenvalue weighted by Gasteiger charge is 2.42. The molecule has 0 spiro atoms. The van der Waals surface area contributed by atoms with Gasteiger partial charge < -0.3 is 15.3 Å². The number of amides is 2. The zero-order valence-electron chi connectivity index (χ0n) is 15.3. The van der Waals surface area contributed by atoms with Crippen molar-refractivity contribution in [3.05, 3.63) is 35.6 Å². The van der Waals surface area contributed by atoms with E-state index < -0.39 is 11.4 Å². The molecule has 0 saturated carbocycles. The van der Waals surface area contributed by atoms with Gasteiger partial charge in [0.15, 0.2) is 0 Å². The largest absolute Gasteiger partial charge is 0.481 e. The molecule has 0 aromatic heterocycles. The third-order valence-electron chi connectivity index (χ3n) is 4.66. The summed E-state index contributed by atoms with van der Waals surface area (Å²) in [4.78, 5) is 25.5. The normalized spacial score (nSPS) is 21.9. The molecule has 2 N–H and O–H groups in total. The molecule has 2 atom stereocenters. The number of carbonyl (C=O) groups excluding carboxylic acids is 1. The Bertz CT molecular complexity index is 639. The van der Waals surface area contributed by atoms with Gasteiger partial charge in [0.2, 0.25) is 0 Å². The molecule has 2 unspecified atom stereocenters. The lowest BCUT2D eigenvalue weighted by molar-refractivity contribution is -0.147. The highest BCUT2D eigenvalue weighted by atomic mass is 19.1. The fourth-order valence-corrected chi connectivity index (χ4v) is 3.11. The summed E-state index contributed by atoms with van der Waals surface area (Å²) in [6.45, 7) is 8.50. The van der Waals surface area contributed by atoms with Crippen LogP contribution in [0.1, 0.15) is 52.1 Å². The lowest BCUT2D eigenvalue weighted by Gasteiger charge is -2.29. The van der Waals surface area contributed by atoms with E-state index in [2.05, 4.69) is 26.1 Å². The first-order chi connectivity index (χ1) is 11.5. The predicted molar refractivity (Wildman–Crippen MR) is 93.7 cm³/mol. The number of nitrogens with one attached hydrogen (secondary N) is 1. The van der Waals surface area contributed by atoms with Crippen molar-refractivity contribution in [3.8, 4) is 0 Å². The van der Waals surface area contributed by atoms with Crippen LogP contribution in [0.25, 0.3) is 0 Å². The molecule has 1 aliphatic rings. The Morgan fingerprint density at radius 2 is 1.92 bits per heavy atom. The van der Waals surface area contributed by atoms with E-state index in [4.69, 9.17) is 0 Å². The van der Waals surface area contributed by atoms with Crippen molar-refractivity contribution in [2.45, 2.75) is 46.6 Å². The predicted octanol–water partition coefficient (Wildman–Crippen LogP) is 3.81. The minimum absolute atomic E-state index is 0.0348. The maximum atomic E-state index is 13.2. The van der Waals surface area contributed by atoms with E-state index in [-0.39, 0.29) is 29.8 Å². The minimum Gasteiger partial charge on any atom is -0.481 e. The van der Waals surface area contributed by atoms with Crippen molar-refractivity contribution in [1.29, 1.82) is 0 Å². The molecule has 2 rings (SSSR count). The first kappa shape index (κ1) is 19.2. The van der Waals surface area contributed by atoms with Crippen LogP contribution in [0.3, 0.4) is 0 Å². The summed E-state index contributed by atoms with van der Waals surface area (Å²) in [5, 5.41) is 12.3. The minimum atomic E-state index is -0.896. The van der Waals surface area contributed by atoms with Crippen molar-refractivity contribution < 1.29 is 19.1 Å². The van der Waals surface area contributed by atoms with Crippen LogP contribution in [0.4, 0.5) is 9.18 Å². The molecule has 0 bridgehead atoms. The van der Waals surface area contributed by atoms with Gasteiger partial charge in [-0.3, -0.25) is 4.79 Å². The number of benzene rings is 1. The number of carboxylic acids is 1. The zero-order valence-corrected chi connectivity index (χ0v) is 15.3. The molecule has 25 heavy (non-hydrogen) atoms. The average molecular weight is 350 g/mol. The van der Waals surface area contributed by atoms with Gasteiger partial charge in [0, 0.05) is 13.1 Å². The van der Waals surface area contributed by atoms with E-state index >= 15 is 0 Å². The Morgan fingerprint density at radius 3 is 2.40 bits per heavy atom. The highest BCUT2D eigenvalue weighted by Crippen LogP contribution is 2.32. The number of nitrogens with zero attached hydrogens (tertiary/aromatic N) is 1. The van der Waals surface area contributed by atoms with E-state index in [9.17, 15) is 19.1 Å². The van der Waals surface area contributed by atoms with Gasteiger partial charge in [-0.05, 0) is 42.9 Å². The number of carbonyl (C=O) groups is 2. The Kier molecular flexibility index (Phi) is 5.40. The van der Waals surface area contributed by atoms with Crippen LogP contribution in [0.2, 0.25) is 0 Å². The van der Waals surface area contributed by atoms with Gasteiger partial charge in [-0.2, -0.15) is 0 Å². The van der Waals surface area contributed by atoms with E-state index in [1.807, 2.05) is 0 Å². The number of halogens is 1. The van der Waals surface area contributed by atoms with Crippen LogP contribution in [0.15, 0.2) is 24.3 Å². The fraction of sp³-hybridized carbons (Fsp3) is 0.579. The monoisotopic (exact) mass is 350 g/mol. The van der Waals surface area contributed by atoms with Gasteiger partial charge in [0.05, 0.1) is 11.5 Å². The lowest BCUT2D eigenvalue weighted by Crippen LogP contribution is -2.43. The Balaban J connectivity index is 2.12. The summed E-state index contributed by atoms with van der Waals surface area (Å²) < 4.78 is 13.2. The van der Waals surface area contributed by atoms with Crippen LogP contribution >= 0.6 is 0 Å². The van der Waals surface area contributed by atoms with Gasteiger partial charge in [-0.25, -0.2) is 9.18 Å². The van der Waals surface area contributed by atoms with Crippen LogP contribution in [-0.2, 0) is 4.79 Å². The molecule has 138 valence electrons. The molecule has 6 heteroatoms. The van der Waals surface area contributed by atoms with Gasteiger partial charge in [0.25, 0.3) is 0 Å². The third kappa shape index (κ3) is 4.94. The second-order valence-corrected chi connectivity index (χ2v) is 8.36. The molecule has 1 saturated heterocycles. The molecule has 1 fully saturated rings. The zero-order chi connectivity index (χ0) is 18.8. The Hall–Kier alpha value is -2.11. The van der Waals surface area contributed by atoms with Crippen molar-refractivity contribution in [2.24, 2.45) is 10.8 Å². The summed E-state index contributed by atoms with van der Waals surface area (Å²) in [5.41, 5.74) is -0.0931. The Morgan fingerprint density at radius 1 is 1.32 bits per heavy atom. The standard InChI is InChI=1S/C19H27FN2O3/c1-18(2,3)11-15(13-5-7-14(20)8-6-13)21-17(25)22-10-9-19(4,12-22)16(23)24/h5-8,15H,9-12H2,1-4H3,(H,21,25)(H,23,24). The van der Waals surface area contributed by atoms with Gasteiger partial charge in [-0.15, -0.1) is 0 Å². The topological polar surface area (TPSA) is 69.6 Å². The van der Waals surface area contributed by atoms with Crippen molar-refractivity contribution in [1.82, 2.24) is 10.2 Å². The maximum Gasteiger partial charge on any atom is 0.317 e. The summed E-state index contributed by atoms with van der Waals surface area (Å²) in [6.07, 6.45) is 1.13. The van der Waals surface area contributed by atoms with Crippen molar-refractivity contribution in [3.63, 3.8) is 0 Å². The molecule has 1 aromatic carbocycles. The van der Waals surface area contributed by atoms with Crippen molar-refractivity contribution >= 4 is 12.0 Å². The molecule has 5 nitrogen and oxygen atoms in total. The number of urea groups is 1. The molecule has 0 radical (unpaired) electrons. The van der Waals surface area contributed by atoms with Gasteiger partial charge in [-0.1, -0.05) is 32.9 Å². The molecule has 0 aliphatic carbocycles. The number of rotatable bonds is 4. The maximum absolute atomic E-state index is 13.2. The molecular weight excluding hydrogens is 323 g/mol. The second kappa shape index (κ2) is 7.02. The highest BCUT2D eigenvalue weighted by molar-refractivity contribution is 5.79. The number of hydrogen-bond acceptors (Lipinski definition) is 2. The third-order valence-corrected chi connectivity index (χ3v) is 4.66. The quantitative estimate of drug-likeness (QED) is 0.867. The van der Waals surface area contributed by atoms with E-state index in [0.29, 0.717) is 19.4 Å². The van der Waals surface area contributed by atoms with Gasteiger partial charge in [0.1, 0.15) is 5.82 Å². The van der Waals surface area contributed by atoms with Crippen LogP contribution < -0.4 is 5.32 Å². The molecule has 1 heterocycles. The number of carboxylic acid groups (broad SMARTS) is 1. The smallest absolute Gasteiger partial charge is 0.317 e. The SMILES string of the molecule is CC(C)(C)CC(NC(=O)N1CCC(C)(C(=O)O)C1)c1ccc(F)cc1. The second-order valence-electron chi connectivity index (χ2n) is 8.36. The number of aliphatic carboxylic acids is 1. The number of hydrogen-bond donors (Lipinski definition) is 2. The summed E-state index contributed by atoms with van der Waals surface area (Å²) in [7, 11) is 0. The van der Waals surface area contributed by atoms with Crippen molar-refractivity contribution in [2.75, 3.05) is 13.1 Å². The molecule has 1 aliphatic heterocycles. The Labute approximate surface area is 148 Å². The lowest BCUT2D eigenvalue weighted by atomic mass is 9.85. The van der Waals surface area contributed by atoms with E-state index in [0.717, 1.165) is 5.56 Å². The molecule has 1 aromatic rings.